The van der Waals surface area contributed by atoms with Gasteiger partial charge >= 0.3 is 0 Å². The van der Waals surface area contributed by atoms with Crippen molar-refractivity contribution < 1.29 is 13.2 Å². The fourth-order valence-corrected chi connectivity index (χ4v) is 2.54. The van der Waals surface area contributed by atoms with Crippen LogP contribution in [0.4, 0.5) is 0 Å². The Labute approximate surface area is 112 Å². The van der Waals surface area contributed by atoms with Gasteiger partial charge < -0.3 is 4.74 Å². The third kappa shape index (κ3) is 3.42. The lowest BCUT2D eigenvalue weighted by molar-refractivity contribution is 0.413. The van der Waals surface area contributed by atoms with E-state index in [2.05, 4.69) is 4.98 Å². The molecule has 0 unspecified atom stereocenters. The molecule has 0 amide bonds. The first-order valence-corrected chi connectivity index (χ1v) is 7.14. The second kappa shape index (κ2) is 5.67. The van der Waals surface area contributed by atoms with E-state index in [0.717, 1.165) is 5.56 Å². The van der Waals surface area contributed by atoms with Crippen LogP contribution in [0.2, 0.25) is 0 Å². The predicted molar refractivity (Wildman–Crippen MR) is 73.5 cm³/mol. The van der Waals surface area contributed by atoms with E-state index >= 15 is 0 Å². The molecule has 0 radical (unpaired) electrons. The highest BCUT2D eigenvalue weighted by atomic mass is 32.2. The van der Waals surface area contributed by atoms with Crippen LogP contribution in [0.25, 0.3) is 6.08 Å². The number of rotatable bonds is 4. The van der Waals surface area contributed by atoms with Gasteiger partial charge in [0.15, 0.2) is 9.84 Å². The molecule has 0 spiro atoms. The lowest BCUT2D eigenvalue weighted by Crippen LogP contribution is -1.96. The lowest BCUT2D eigenvalue weighted by Gasteiger charge is -2.02. The van der Waals surface area contributed by atoms with E-state index in [0.29, 0.717) is 5.75 Å². The normalized spacial score (nSPS) is 11.6. The van der Waals surface area contributed by atoms with Crippen LogP contribution in [0.5, 0.6) is 5.75 Å². The monoisotopic (exact) mass is 275 g/mol. The molecule has 0 aliphatic rings. The Kier molecular flexibility index (Phi) is 3.97. The molecule has 1 aromatic carbocycles. The van der Waals surface area contributed by atoms with Gasteiger partial charge in [-0.15, -0.1) is 0 Å². The van der Waals surface area contributed by atoms with Crippen molar-refractivity contribution in [3.63, 3.8) is 0 Å². The van der Waals surface area contributed by atoms with Crippen LogP contribution in [0.3, 0.4) is 0 Å². The molecule has 1 aromatic heterocycles. The number of methoxy groups -OCH3 is 1. The zero-order valence-corrected chi connectivity index (χ0v) is 11.2. The molecule has 0 saturated heterocycles. The van der Waals surface area contributed by atoms with E-state index in [-0.39, 0.29) is 4.90 Å². The molecule has 0 atom stereocenters. The van der Waals surface area contributed by atoms with Crippen LogP contribution < -0.4 is 4.74 Å². The van der Waals surface area contributed by atoms with Crippen LogP contribution in [-0.2, 0) is 9.84 Å². The van der Waals surface area contributed by atoms with Crippen LogP contribution in [0.1, 0.15) is 5.56 Å². The predicted octanol–water partition coefficient (Wildman–Crippen LogP) is 2.53. The Hall–Kier alpha value is -2.14. The van der Waals surface area contributed by atoms with Crippen LogP contribution in [0, 0.1) is 0 Å². The topological polar surface area (TPSA) is 56.3 Å². The summed E-state index contributed by atoms with van der Waals surface area (Å²) in [6.07, 6.45) is 4.76. The molecule has 0 aliphatic carbocycles. The molecular weight excluding hydrogens is 262 g/mol. The average Bonchev–Trinajstić information content (AvgIpc) is 2.46. The van der Waals surface area contributed by atoms with Gasteiger partial charge in [0.2, 0.25) is 0 Å². The summed E-state index contributed by atoms with van der Waals surface area (Å²) in [5.41, 5.74) is 0.779. The smallest absolute Gasteiger partial charge is 0.199 e. The fraction of sp³-hybridized carbons (Fsp3) is 0.0714. The Morgan fingerprint density at radius 1 is 1.16 bits per heavy atom. The van der Waals surface area contributed by atoms with Crippen molar-refractivity contribution in [2.24, 2.45) is 0 Å². The van der Waals surface area contributed by atoms with Gasteiger partial charge in [0.25, 0.3) is 0 Å². The third-order valence-electron chi connectivity index (χ3n) is 2.52. The van der Waals surface area contributed by atoms with E-state index in [9.17, 15) is 8.42 Å². The number of hydrogen-bond donors (Lipinski definition) is 0. The maximum atomic E-state index is 12.1. The Balaban J connectivity index is 2.30. The number of pyridine rings is 1. The summed E-state index contributed by atoms with van der Waals surface area (Å²) in [4.78, 5) is 4.08. The molecule has 5 heteroatoms. The van der Waals surface area contributed by atoms with Crippen molar-refractivity contribution in [3.05, 3.63) is 59.8 Å². The van der Waals surface area contributed by atoms with Gasteiger partial charge in [-0.05, 0) is 42.0 Å². The Bertz CT molecular complexity index is 679. The van der Waals surface area contributed by atoms with Crippen molar-refractivity contribution in [1.29, 1.82) is 0 Å². The molecule has 0 saturated carbocycles. The molecule has 2 aromatic rings. The van der Waals surface area contributed by atoms with Crippen molar-refractivity contribution in [3.8, 4) is 5.75 Å². The molecule has 2 rings (SSSR count). The number of sulfone groups is 1. The number of aromatic nitrogens is 1. The van der Waals surface area contributed by atoms with Crippen molar-refractivity contribution in [1.82, 2.24) is 4.98 Å². The maximum absolute atomic E-state index is 12.1. The van der Waals surface area contributed by atoms with Crippen molar-refractivity contribution >= 4 is 15.9 Å². The first-order chi connectivity index (χ1) is 9.12. The van der Waals surface area contributed by atoms with E-state index in [1.54, 1.807) is 36.7 Å². The minimum Gasteiger partial charge on any atom is -0.497 e. The van der Waals surface area contributed by atoms with E-state index in [1.807, 2.05) is 0 Å². The molecule has 0 N–H and O–H groups in total. The summed E-state index contributed by atoms with van der Waals surface area (Å²) >= 11 is 0. The summed E-state index contributed by atoms with van der Waals surface area (Å²) in [5.74, 6) is 0.512. The lowest BCUT2D eigenvalue weighted by atomic mass is 10.3. The summed E-state index contributed by atoms with van der Waals surface area (Å²) < 4.78 is 29.2. The van der Waals surface area contributed by atoms with Crippen molar-refractivity contribution in [2.45, 2.75) is 4.90 Å². The largest absolute Gasteiger partial charge is 0.497 e. The van der Waals surface area contributed by atoms with E-state index < -0.39 is 9.84 Å². The number of ether oxygens (including phenoxy) is 1. The maximum Gasteiger partial charge on any atom is 0.199 e. The SMILES string of the molecule is COc1cccc(S(=O)(=O)/C=C/c2ccncc2)c1. The molecule has 19 heavy (non-hydrogen) atoms. The van der Waals surface area contributed by atoms with Gasteiger partial charge in [0, 0.05) is 17.8 Å². The molecular formula is C14H13NO3S. The number of hydrogen-bond acceptors (Lipinski definition) is 4. The second-order valence-corrected chi connectivity index (χ2v) is 5.64. The number of nitrogens with zero attached hydrogens (tertiary/aromatic N) is 1. The molecule has 0 fully saturated rings. The summed E-state index contributed by atoms with van der Waals surface area (Å²) in [6, 6.07) is 9.84. The second-order valence-electron chi connectivity index (χ2n) is 3.81. The van der Waals surface area contributed by atoms with Crippen LogP contribution >= 0.6 is 0 Å². The minimum absolute atomic E-state index is 0.206. The van der Waals surface area contributed by atoms with Gasteiger partial charge in [-0.2, -0.15) is 0 Å². The summed E-state index contributed by atoms with van der Waals surface area (Å²) in [7, 11) is -1.97. The summed E-state index contributed by atoms with van der Waals surface area (Å²) in [5, 5.41) is 1.18. The highest BCUT2D eigenvalue weighted by molar-refractivity contribution is 7.94. The third-order valence-corrected chi connectivity index (χ3v) is 3.92. The minimum atomic E-state index is -3.47. The molecule has 4 nitrogen and oxygen atoms in total. The summed E-state index contributed by atoms with van der Waals surface area (Å²) in [6.45, 7) is 0. The number of benzene rings is 1. The van der Waals surface area contributed by atoms with Gasteiger partial charge in [-0.3, -0.25) is 4.98 Å². The van der Waals surface area contributed by atoms with E-state index in [1.165, 1.54) is 30.7 Å². The van der Waals surface area contributed by atoms with Gasteiger partial charge in [0.1, 0.15) is 5.75 Å². The quantitative estimate of drug-likeness (QED) is 0.860. The van der Waals surface area contributed by atoms with Crippen LogP contribution in [0.15, 0.2) is 59.1 Å². The van der Waals surface area contributed by atoms with E-state index in [4.69, 9.17) is 4.74 Å². The Morgan fingerprint density at radius 2 is 1.89 bits per heavy atom. The highest BCUT2D eigenvalue weighted by Gasteiger charge is 2.10. The van der Waals surface area contributed by atoms with Crippen molar-refractivity contribution in [2.75, 3.05) is 7.11 Å². The van der Waals surface area contributed by atoms with Gasteiger partial charge in [-0.25, -0.2) is 8.42 Å². The highest BCUT2D eigenvalue weighted by Crippen LogP contribution is 2.19. The first-order valence-electron chi connectivity index (χ1n) is 5.59. The first kappa shape index (κ1) is 13.3. The molecule has 1 heterocycles. The molecule has 98 valence electrons. The Morgan fingerprint density at radius 3 is 2.58 bits per heavy atom. The fourth-order valence-electron chi connectivity index (χ4n) is 1.50. The standard InChI is InChI=1S/C14H13NO3S/c1-18-13-3-2-4-14(11-13)19(16,17)10-7-12-5-8-15-9-6-12/h2-11H,1H3/b10-7+. The molecule has 0 aliphatic heterocycles. The molecule has 0 bridgehead atoms. The zero-order chi connectivity index (χ0) is 13.7. The van der Waals surface area contributed by atoms with Gasteiger partial charge in [-0.1, -0.05) is 6.07 Å². The van der Waals surface area contributed by atoms with Crippen LogP contribution in [-0.4, -0.2) is 20.5 Å². The van der Waals surface area contributed by atoms with Gasteiger partial charge in [0.05, 0.1) is 12.0 Å². The average molecular weight is 275 g/mol. The zero-order valence-electron chi connectivity index (χ0n) is 10.4.